The Bertz CT molecular complexity index is 737. The highest BCUT2D eigenvalue weighted by molar-refractivity contribution is 5.74. The van der Waals surface area contributed by atoms with Crippen LogP contribution in [-0.4, -0.2) is 47.5 Å². The summed E-state index contributed by atoms with van der Waals surface area (Å²) in [6, 6.07) is 7.24. The molecule has 0 radical (unpaired) electrons. The van der Waals surface area contributed by atoms with Crippen molar-refractivity contribution in [2.24, 2.45) is 5.92 Å². The molecule has 29 heavy (non-hydrogen) atoms. The molecule has 2 amide bonds. The summed E-state index contributed by atoms with van der Waals surface area (Å²) in [4.78, 5) is 17.1. The molecule has 2 aliphatic rings. The zero-order valence-electron chi connectivity index (χ0n) is 17.7. The second-order valence-electron chi connectivity index (χ2n) is 8.75. The molecule has 0 aliphatic carbocycles. The third-order valence-electron chi connectivity index (χ3n) is 6.22. The largest absolute Gasteiger partial charge is 0.336 e. The molecule has 0 saturated carbocycles. The van der Waals surface area contributed by atoms with Crippen molar-refractivity contribution in [3.63, 3.8) is 0 Å². The smallest absolute Gasteiger partial charge is 0.317 e. The Kier molecular flexibility index (Phi) is 7.49. The molecule has 1 N–H and O–H groups in total. The van der Waals surface area contributed by atoms with E-state index in [1.165, 1.54) is 18.9 Å². The molecule has 1 aromatic rings. The third kappa shape index (κ3) is 5.70. The van der Waals surface area contributed by atoms with Crippen molar-refractivity contribution in [1.29, 1.82) is 5.26 Å². The molecule has 1 atom stereocenters. The fourth-order valence-electron chi connectivity index (χ4n) is 4.69. The molecular formula is C23H33FN4O. The van der Waals surface area contributed by atoms with E-state index in [-0.39, 0.29) is 17.9 Å². The number of amides is 2. The molecule has 0 spiro atoms. The molecule has 1 aromatic carbocycles. The summed E-state index contributed by atoms with van der Waals surface area (Å²) < 4.78 is 14.2. The molecule has 2 fully saturated rings. The number of carbonyl (C=O) groups excluding carboxylic acids is 1. The van der Waals surface area contributed by atoms with Gasteiger partial charge in [-0.25, -0.2) is 9.18 Å². The zero-order chi connectivity index (χ0) is 20.8. The topological polar surface area (TPSA) is 59.4 Å². The number of rotatable bonds is 4. The van der Waals surface area contributed by atoms with Gasteiger partial charge in [0.1, 0.15) is 5.82 Å². The molecule has 5 nitrogen and oxygen atoms in total. The maximum atomic E-state index is 14.2. The van der Waals surface area contributed by atoms with Crippen LogP contribution >= 0.6 is 0 Å². The number of nitrogens with one attached hydrogen (secondary N) is 1. The van der Waals surface area contributed by atoms with Gasteiger partial charge in [0.2, 0.25) is 0 Å². The molecule has 2 heterocycles. The SMILES string of the molecule is CC(C)NC(=O)N1CCCCC[C@@H]1C1CCN(Cc2ccc(C#N)cc2F)CC1. The third-order valence-corrected chi connectivity index (χ3v) is 6.22. The summed E-state index contributed by atoms with van der Waals surface area (Å²) >= 11 is 0. The first-order valence-electron chi connectivity index (χ1n) is 11.0. The van der Waals surface area contributed by atoms with Crippen LogP contribution in [0.3, 0.4) is 0 Å². The van der Waals surface area contributed by atoms with E-state index in [9.17, 15) is 9.18 Å². The van der Waals surface area contributed by atoms with E-state index < -0.39 is 0 Å². The maximum Gasteiger partial charge on any atom is 0.317 e. The number of hydrogen-bond donors (Lipinski definition) is 1. The molecule has 2 saturated heterocycles. The average molecular weight is 401 g/mol. The predicted molar refractivity (Wildman–Crippen MR) is 112 cm³/mol. The summed E-state index contributed by atoms with van der Waals surface area (Å²) in [6.45, 7) is 7.27. The van der Waals surface area contributed by atoms with Crippen molar-refractivity contribution in [3.8, 4) is 6.07 Å². The molecule has 0 bridgehead atoms. The molecule has 0 aromatic heterocycles. The number of nitrogens with zero attached hydrogens (tertiary/aromatic N) is 3. The van der Waals surface area contributed by atoms with E-state index in [1.807, 2.05) is 19.9 Å². The van der Waals surface area contributed by atoms with Gasteiger partial charge in [0.05, 0.1) is 11.6 Å². The van der Waals surface area contributed by atoms with Gasteiger partial charge in [0.25, 0.3) is 0 Å². The zero-order valence-corrected chi connectivity index (χ0v) is 17.7. The molecule has 3 rings (SSSR count). The van der Waals surface area contributed by atoms with Crippen LogP contribution in [0.25, 0.3) is 0 Å². The van der Waals surface area contributed by atoms with E-state index >= 15 is 0 Å². The standard InChI is InChI=1S/C23H33FN4O/c1-17(2)26-23(29)28-11-5-3-4-6-22(28)19-9-12-27(13-10-19)16-20-8-7-18(15-25)14-21(20)24/h7-8,14,17,19,22H,3-6,9-13,16H2,1-2H3,(H,26,29)/t22-/m1/s1. The number of hydrogen-bond acceptors (Lipinski definition) is 3. The second-order valence-corrected chi connectivity index (χ2v) is 8.75. The normalized spacial score (nSPS) is 21.6. The van der Waals surface area contributed by atoms with Gasteiger partial charge in [0.15, 0.2) is 0 Å². The Morgan fingerprint density at radius 1 is 1.21 bits per heavy atom. The van der Waals surface area contributed by atoms with Crippen LogP contribution in [0.2, 0.25) is 0 Å². The van der Waals surface area contributed by atoms with Crippen molar-refractivity contribution in [3.05, 3.63) is 35.1 Å². The first-order chi connectivity index (χ1) is 14.0. The average Bonchev–Trinajstić information content (AvgIpc) is 2.96. The van der Waals surface area contributed by atoms with Crippen LogP contribution in [0.5, 0.6) is 0 Å². The van der Waals surface area contributed by atoms with E-state index in [1.54, 1.807) is 12.1 Å². The van der Waals surface area contributed by atoms with E-state index in [0.717, 1.165) is 45.3 Å². The Morgan fingerprint density at radius 2 is 1.97 bits per heavy atom. The van der Waals surface area contributed by atoms with Crippen LogP contribution < -0.4 is 5.32 Å². The van der Waals surface area contributed by atoms with Crippen LogP contribution in [-0.2, 0) is 6.54 Å². The lowest BCUT2D eigenvalue weighted by Crippen LogP contribution is -2.52. The van der Waals surface area contributed by atoms with E-state index in [2.05, 4.69) is 15.1 Å². The van der Waals surface area contributed by atoms with Gasteiger partial charge < -0.3 is 10.2 Å². The van der Waals surface area contributed by atoms with Gasteiger partial charge in [-0.15, -0.1) is 0 Å². The number of piperidine rings is 1. The van der Waals surface area contributed by atoms with Gasteiger partial charge in [-0.3, -0.25) is 4.90 Å². The van der Waals surface area contributed by atoms with Gasteiger partial charge in [-0.1, -0.05) is 18.9 Å². The van der Waals surface area contributed by atoms with Crippen molar-refractivity contribution < 1.29 is 9.18 Å². The van der Waals surface area contributed by atoms with E-state index in [0.29, 0.717) is 29.6 Å². The van der Waals surface area contributed by atoms with Crippen LogP contribution in [0.15, 0.2) is 18.2 Å². The van der Waals surface area contributed by atoms with Crippen molar-refractivity contribution in [2.45, 2.75) is 71.0 Å². The van der Waals surface area contributed by atoms with Gasteiger partial charge in [0, 0.05) is 30.7 Å². The second kappa shape index (κ2) is 10.1. The number of likely N-dealkylation sites (tertiary alicyclic amines) is 2. The quantitative estimate of drug-likeness (QED) is 0.821. The number of urea groups is 1. The molecule has 158 valence electrons. The highest BCUT2D eigenvalue weighted by Gasteiger charge is 2.34. The first-order valence-corrected chi connectivity index (χ1v) is 11.0. The highest BCUT2D eigenvalue weighted by atomic mass is 19.1. The summed E-state index contributed by atoms with van der Waals surface area (Å²) in [6.07, 6.45) is 6.62. The summed E-state index contributed by atoms with van der Waals surface area (Å²) in [5.41, 5.74) is 1.01. The lowest BCUT2D eigenvalue weighted by molar-refractivity contribution is 0.0970. The Morgan fingerprint density at radius 3 is 2.62 bits per heavy atom. The summed E-state index contributed by atoms with van der Waals surface area (Å²) in [5, 5.41) is 12.0. The number of halogens is 1. The summed E-state index contributed by atoms with van der Waals surface area (Å²) in [7, 11) is 0. The van der Waals surface area contributed by atoms with Gasteiger partial charge in [-0.2, -0.15) is 5.26 Å². The molecule has 2 aliphatic heterocycles. The fraction of sp³-hybridized carbons (Fsp3) is 0.652. The minimum atomic E-state index is -0.300. The first kappa shape index (κ1) is 21.6. The van der Waals surface area contributed by atoms with Gasteiger partial charge in [-0.05, 0) is 70.7 Å². The predicted octanol–water partition coefficient (Wildman–Crippen LogP) is 4.27. The van der Waals surface area contributed by atoms with Crippen molar-refractivity contribution in [2.75, 3.05) is 19.6 Å². The number of benzene rings is 1. The Hall–Kier alpha value is -2.13. The van der Waals surface area contributed by atoms with Crippen molar-refractivity contribution in [1.82, 2.24) is 15.1 Å². The van der Waals surface area contributed by atoms with Crippen LogP contribution in [0.1, 0.15) is 63.5 Å². The van der Waals surface area contributed by atoms with Crippen molar-refractivity contribution >= 4 is 6.03 Å². The maximum absolute atomic E-state index is 14.2. The Labute approximate surface area is 173 Å². The number of nitriles is 1. The van der Waals surface area contributed by atoms with Crippen LogP contribution in [0.4, 0.5) is 9.18 Å². The van der Waals surface area contributed by atoms with E-state index in [4.69, 9.17) is 5.26 Å². The fourth-order valence-corrected chi connectivity index (χ4v) is 4.69. The number of carbonyl (C=O) groups is 1. The monoisotopic (exact) mass is 400 g/mol. The lowest BCUT2D eigenvalue weighted by Gasteiger charge is -2.41. The minimum absolute atomic E-state index is 0.0778. The summed E-state index contributed by atoms with van der Waals surface area (Å²) in [5.74, 6) is 0.208. The lowest BCUT2D eigenvalue weighted by atomic mass is 9.86. The molecule has 0 unspecified atom stereocenters. The highest BCUT2D eigenvalue weighted by Crippen LogP contribution is 2.31. The molecule has 6 heteroatoms. The minimum Gasteiger partial charge on any atom is -0.336 e. The van der Waals surface area contributed by atoms with Crippen LogP contribution in [0, 0.1) is 23.1 Å². The molecular weight excluding hydrogens is 367 g/mol. The Balaban J connectivity index is 1.59. The van der Waals surface area contributed by atoms with Gasteiger partial charge >= 0.3 is 6.03 Å².